The van der Waals surface area contributed by atoms with E-state index in [4.69, 9.17) is 0 Å². The van der Waals surface area contributed by atoms with Crippen LogP contribution >= 0.6 is 0 Å². The maximum atomic E-state index is 2.23. The van der Waals surface area contributed by atoms with Gasteiger partial charge in [0, 0.05) is 0 Å². The fourth-order valence-electron chi connectivity index (χ4n) is 2.22. The summed E-state index contributed by atoms with van der Waals surface area (Å²) in [7, 11) is 0. The van der Waals surface area contributed by atoms with Crippen molar-refractivity contribution in [3.05, 3.63) is 53.6 Å². The van der Waals surface area contributed by atoms with Crippen molar-refractivity contribution in [2.75, 3.05) is 0 Å². The van der Waals surface area contributed by atoms with Crippen molar-refractivity contribution in [2.24, 2.45) is 0 Å². The summed E-state index contributed by atoms with van der Waals surface area (Å²) in [5.74, 6) is 0. The predicted octanol–water partition coefficient (Wildman–Crippen LogP) is -0.944. The summed E-state index contributed by atoms with van der Waals surface area (Å²) >= 11 is 1.99. The molecule has 0 aliphatic heterocycles. The number of hydrogen-bond acceptors (Lipinski definition) is 0. The van der Waals surface area contributed by atoms with Gasteiger partial charge in [-0.15, -0.1) is 0 Å². The number of halogens is 1. The Morgan fingerprint density at radius 1 is 0.867 bits per heavy atom. The summed E-state index contributed by atoms with van der Waals surface area (Å²) in [6.45, 7) is 0. The minimum absolute atomic E-state index is 0. The van der Waals surface area contributed by atoms with Gasteiger partial charge in [0.2, 0.25) is 0 Å². The van der Waals surface area contributed by atoms with Crippen LogP contribution in [0.5, 0.6) is 0 Å². The maximum absolute atomic E-state index is 2.23. The summed E-state index contributed by atoms with van der Waals surface area (Å²) in [6.07, 6.45) is 1.12. The van der Waals surface area contributed by atoms with Crippen molar-refractivity contribution in [3.8, 4) is 11.1 Å². The van der Waals surface area contributed by atoms with E-state index in [1.807, 2.05) is 21.7 Å². The van der Waals surface area contributed by atoms with Crippen molar-refractivity contribution >= 4 is 25.4 Å². The molecule has 2 heteroatoms. The Labute approximate surface area is 113 Å². The molecule has 0 radical (unpaired) electrons. The van der Waals surface area contributed by atoms with Crippen molar-refractivity contribution in [3.63, 3.8) is 0 Å². The summed E-state index contributed by atoms with van der Waals surface area (Å²) in [5, 5.41) is 0. The van der Waals surface area contributed by atoms with Gasteiger partial charge in [0.15, 0.2) is 0 Å². The first-order valence-corrected chi connectivity index (χ1v) is 5.59. The molecule has 0 bridgehead atoms. The molecular formula is C13H9BrMg. The molecule has 0 N–H and O–H groups in total. The molecule has 0 saturated carbocycles. The van der Waals surface area contributed by atoms with Crippen LogP contribution in [0, 0.1) is 0 Å². The van der Waals surface area contributed by atoms with Crippen LogP contribution < -0.4 is 20.7 Å². The van der Waals surface area contributed by atoms with E-state index in [9.17, 15) is 0 Å². The van der Waals surface area contributed by atoms with Gasteiger partial charge in [-0.1, -0.05) is 0 Å². The Morgan fingerprint density at radius 3 is 2.47 bits per heavy atom. The van der Waals surface area contributed by atoms with E-state index in [0.717, 1.165) is 6.42 Å². The van der Waals surface area contributed by atoms with Crippen LogP contribution in [0.1, 0.15) is 11.1 Å². The molecule has 0 spiro atoms. The van der Waals surface area contributed by atoms with E-state index >= 15 is 0 Å². The molecule has 2 aromatic rings. The number of hydrogen-bond donors (Lipinski definition) is 0. The molecule has 1 aliphatic carbocycles. The van der Waals surface area contributed by atoms with Crippen LogP contribution in [0.3, 0.4) is 0 Å². The van der Waals surface area contributed by atoms with Crippen molar-refractivity contribution < 1.29 is 17.0 Å². The summed E-state index contributed by atoms with van der Waals surface area (Å²) < 4.78 is 1.44. The van der Waals surface area contributed by atoms with Gasteiger partial charge in [-0.2, -0.15) is 0 Å². The normalized spacial score (nSPS) is 11.6. The van der Waals surface area contributed by atoms with E-state index in [-0.39, 0.29) is 17.0 Å². The SMILES string of the molecule is [Br-].[Mg+][c]1cccc2c1Cc1ccccc1-2. The molecule has 0 unspecified atom stereocenters. The van der Waals surface area contributed by atoms with Gasteiger partial charge >= 0.3 is 96.5 Å². The summed E-state index contributed by atoms with van der Waals surface area (Å²) in [5.41, 5.74) is 5.86. The second-order valence-electron chi connectivity index (χ2n) is 3.78. The van der Waals surface area contributed by atoms with Crippen LogP contribution in [0.15, 0.2) is 42.5 Å². The second-order valence-corrected chi connectivity index (χ2v) is 4.54. The molecule has 0 aromatic heterocycles. The van der Waals surface area contributed by atoms with Gasteiger partial charge in [-0.3, -0.25) is 0 Å². The zero-order valence-electron chi connectivity index (χ0n) is 8.33. The molecule has 0 atom stereocenters. The molecule has 3 rings (SSSR count). The molecule has 0 nitrogen and oxygen atoms in total. The van der Waals surface area contributed by atoms with E-state index in [2.05, 4.69) is 42.5 Å². The van der Waals surface area contributed by atoms with Crippen LogP contribution in [0.4, 0.5) is 0 Å². The van der Waals surface area contributed by atoms with E-state index in [1.54, 1.807) is 0 Å². The molecule has 0 saturated heterocycles. The Hall–Kier alpha value is -0.314. The first-order chi connectivity index (χ1) is 6.86. The zero-order valence-corrected chi connectivity index (χ0v) is 11.3. The van der Waals surface area contributed by atoms with Gasteiger partial charge in [-0.25, -0.2) is 0 Å². The third-order valence-corrected chi connectivity index (χ3v) is 3.61. The van der Waals surface area contributed by atoms with Crippen LogP contribution in [0.2, 0.25) is 0 Å². The number of fused-ring (bicyclic) bond motifs is 3. The first-order valence-electron chi connectivity index (χ1n) is 4.88. The summed E-state index contributed by atoms with van der Waals surface area (Å²) in [4.78, 5) is 0. The monoisotopic (exact) mass is 268 g/mol. The molecule has 0 amide bonds. The van der Waals surface area contributed by atoms with Crippen molar-refractivity contribution in [1.82, 2.24) is 0 Å². The average Bonchev–Trinajstić information content (AvgIpc) is 2.59. The quantitative estimate of drug-likeness (QED) is 0.462. The first kappa shape index (κ1) is 11.2. The van der Waals surface area contributed by atoms with E-state index < -0.39 is 0 Å². The zero-order chi connectivity index (χ0) is 9.54. The third-order valence-electron chi connectivity index (χ3n) is 2.95. The third kappa shape index (κ3) is 1.75. The van der Waals surface area contributed by atoms with Crippen LogP contribution in [-0.2, 0) is 6.42 Å². The Kier molecular flexibility index (Phi) is 3.19. The Balaban J connectivity index is 0.000000853. The fourth-order valence-corrected chi connectivity index (χ4v) is 2.67. The van der Waals surface area contributed by atoms with Gasteiger partial charge in [0.1, 0.15) is 0 Å². The predicted molar refractivity (Wildman–Crippen MR) is 60.1 cm³/mol. The Morgan fingerprint density at radius 2 is 1.60 bits per heavy atom. The van der Waals surface area contributed by atoms with E-state index in [0.29, 0.717) is 0 Å². The van der Waals surface area contributed by atoms with Gasteiger partial charge in [0.25, 0.3) is 0 Å². The van der Waals surface area contributed by atoms with Crippen LogP contribution in [0.25, 0.3) is 11.1 Å². The van der Waals surface area contributed by atoms with Gasteiger partial charge < -0.3 is 17.0 Å². The number of rotatable bonds is 0. The molecular weight excluding hydrogens is 260 g/mol. The molecule has 1 aliphatic rings. The summed E-state index contributed by atoms with van der Waals surface area (Å²) in [6, 6.07) is 15.3. The molecule has 0 fully saturated rings. The van der Waals surface area contributed by atoms with Crippen molar-refractivity contribution in [1.29, 1.82) is 0 Å². The second kappa shape index (κ2) is 4.28. The molecule has 0 heterocycles. The average molecular weight is 269 g/mol. The fraction of sp³-hybridized carbons (Fsp3) is 0.0769. The minimum atomic E-state index is 0. The molecule has 2 aromatic carbocycles. The van der Waals surface area contributed by atoms with E-state index in [1.165, 1.54) is 25.9 Å². The Bertz CT molecular complexity index is 506. The number of benzene rings is 2. The van der Waals surface area contributed by atoms with Gasteiger partial charge in [-0.05, 0) is 0 Å². The van der Waals surface area contributed by atoms with Gasteiger partial charge in [0.05, 0.1) is 0 Å². The van der Waals surface area contributed by atoms with Crippen LogP contribution in [-0.4, -0.2) is 21.7 Å². The molecule has 15 heavy (non-hydrogen) atoms. The van der Waals surface area contributed by atoms with Crippen molar-refractivity contribution in [2.45, 2.75) is 6.42 Å². The molecule has 70 valence electrons. The topological polar surface area (TPSA) is 0 Å². The standard InChI is InChI=1S/C13H9.BrH.Mg/c1-3-7-12-10(5-1)9-11-6-2-4-8-13(11)12;;/h1-5,7-8H,9H2;1H;/q;;+1/p-1.